The summed E-state index contributed by atoms with van der Waals surface area (Å²) in [7, 11) is 1.57. The summed E-state index contributed by atoms with van der Waals surface area (Å²) in [4.78, 5) is 4.29. The summed E-state index contributed by atoms with van der Waals surface area (Å²) in [6, 6.07) is 4.80. The maximum Gasteiger partial charge on any atom is 0.131 e. The lowest BCUT2D eigenvalue weighted by molar-refractivity contribution is 0.389. The Morgan fingerprint density at radius 1 is 1.45 bits per heavy atom. The van der Waals surface area contributed by atoms with E-state index in [0.717, 1.165) is 18.0 Å². The SMILES string of the molecule is CCCNC(Cc1nccs1)c1c(F)cccc1OC. The fourth-order valence-electron chi connectivity index (χ4n) is 2.16. The van der Waals surface area contributed by atoms with Crippen LogP contribution in [-0.2, 0) is 6.42 Å². The van der Waals surface area contributed by atoms with Gasteiger partial charge in [0, 0.05) is 29.6 Å². The van der Waals surface area contributed by atoms with Gasteiger partial charge in [0.25, 0.3) is 0 Å². The van der Waals surface area contributed by atoms with Gasteiger partial charge < -0.3 is 10.1 Å². The molecular weight excluding hydrogens is 275 g/mol. The fourth-order valence-corrected chi connectivity index (χ4v) is 2.82. The van der Waals surface area contributed by atoms with E-state index in [1.54, 1.807) is 36.8 Å². The van der Waals surface area contributed by atoms with Crippen molar-refractivity contribution in [3.63, 3.8) is 0 Å². The van der Waals surface area contributed by atoms with Gasteiger partial charge in [-0.3, -0.25) is 0 Å². The van der Waals surface area contributed by atoms with Crippen molar-refractivity contribution in [2.75, 3.05) is 13.7 Å². The maximum atomic E-state index is 14.2. The molecule has 0 saturated heterocycles. The molecule has 1 heterocycles. The van der Waals surface area contributed by atoms with E-state index in [2.05, 4.69) is 17.2 Å². The van der Waals surface area contributed by atoms with Gasteiger partial charge in [0.15, 0.2) is 0 Å². The highest BCUT2D eigenvalue weighted by molar-refractivity contribution is 7.09. The van der Waals surface area contributed by atoms with E-state index in [0.29, 0.717) is 17.7 Å². The van der Waals surface area contributed by atoms with Crippen molar-refractivity contribution in [2.45, 2.75) is 25.8 Å². The first-order valence-corrected chi connectivity index (χ1v) is 7.58. The Bertz CT molecular complexity index is 531. The van der Waals surface area contributed by atoms with Crippen molar-refractivity contribution in [2.24, 2.45) is 0 Å². The van der Waals surface area contributed by atoms with Gasteiger partial charge in [0.05, 0.1) is 12.1 Å². The van der Waals surface area contributed by atoms with Crippen LogP contribution in [0.1, 0.15) is 30.0 Å². The summed E-state index contributed by atoms with van der Waals surface area (Å²) < 4.78 is 19.5. The van der Waals surface area contributed by atoms with Crippen molar-refractivity contribution in [1.82, 2.24) is 10.3 Å². The van der Waals surface area contributed by atoms with Gasteiger partial charge in [-0.2, -0.15) is 0 Å². The molecule has 1 aromatic heterocycles. The average Bonchev–Trinajstić information content (AvgIpc) is 2.96. The molecule has 0 fully saturated rings. The van der Waals surface area contributed by atoms with Crippen molar-refractivity contribution < 1.29 is 9.13 Å². The van der Waals surface area contributed by atoms with Gasteiger partial charge in [-0.1, -0.05) is 13.0 Å². The molecule has 3 nitrogen and oxygen atoms in total. The largest absolute Gasteiger partial charge is 0.496 e. The zero-order valence-corrected chi connectivity index (χ0v) is 12.5. The van der Waals surface area contributed by atoms with Crippen LogP contribution < -0.4 is 10.1 Å². The van der Waals surface area contributed by atoms with Crippen molar-refractivity contribution in [3.05, 3.63) is 46.2 Å². The lowest BCUT2D eigenvalue weighted by atomic mass is 10.0. The minimum absolute atomic E-state index is 0.128. The number of hydrogen-bond acceptors (Lipinski definition) is 4. The molecule has 0 radical (unpaired) electrons. The number of aromatic nitrogens is 1. The molecule has 2 aromatic rings. The number of rotatable bonds is 7. The minimum Gasteiger partial charge on any atom is -0.496 e. The molecule has 1 atom stereocenters. The van der Waals surface area contributed by atoms with Gasteiger partial charge in [-0.05, 0) is 25.1 Å². The standard InChI is InChI=1S/C15H19FN2OS/c1-3-7-17-12(10-14-18-8-9-20-14)15-11(16)5-4-6-13(15)19-2/h4-6,8-9,12,17H,3,7,10H2,1-2H3. The van der Waals surface area contributed by atoms with Crippen LogP contribution in [0, 0.1) is 5.82 Å². The second kappa shape index (κ2) is 7.36. The van der Waals surface area contributed by atoms with Gasteiger partial charge in [0.1, 0.15) is 11.6 Å². The number of methoxy groups -OCH3 is 1. The zero-order valence-electron chi connectivity index (χ0n) is 11.7. The number of halogens is 1. The highest BCUT2D eigenvalue weighted by Gasteiger charge is 2.21. The number of hydrogen-bond donors (Lipinski definition) is 1. The Balaban J connectivity index is 2.30. The van der Waals surface area contributed by atoms with Crippen LogP contribution in [0.15, 0.2) is 29.8 Å². The molecule has 20 heavy (non-hydrogen) atoms. The Kier molecular flexibility index (Phi) is 5.49. The van der Waals surface area contributed by atoms with Crippen molar-refractivity contribution in [3.8, 4) is 5.75 Å². The first-order valence-electron chi connectivity index (χ1n) is 6.70. The molecule has 0 amide bonds. The van der Waals surface area contributed by atoms with E-state index in [-0.39, 0.29) is 11.9 Å². The van der Waals surface area contributed by atoms with Crippen LogP contribution in [0.2, 0.25) is 0 Å². The summed E-state index contributed by atoms with van der Waals surface area (Å²) in [6.07, 6.45) is 3.43. The Morgan fingerprint density at radius 3 is 2.95 bits per heavy atom. The van der Waals surface area contributed by atoms with Crippen LogP contribution in [-0.4, -0.2) is 18.6 Å². The molecule has 0 aliphatic carbocycles. The van der Waals surface area contributed by atoms with Gasteiger partial charge in [-0.15, -0.1) is 11.3 Å². The monoisotopic (exact) mass is 294 g/mol. The van der Waals surface area contributed by atoms with Gasteiger partial charge >= 0.3 is 0 Å². The first kappa shape index (κ1) is 14.9. The Morgan fingerprint density at radius 2 is 2.30 bits per heavy atom. The summed E-state index contributed by atoms with van der Waals surface area (Å²) in [6.45, 7) is 2.92. The molecule has 0 spiro atoms. The van der Waals surface area contributed by atoms with Crippen LogP contribution >= 0.6 is 11.3 Å². The number of benzene rings is 1. The molecular formula is C15H19FN2OS. The smallest absolute Gasteiger partial charge is 0.131 e. The molecule has 1 aromatic carbocycles. The highest BCUT2D eigenvalue weighted by Crippen LogP contribution is 2.30. The minimum atomic E-state index is -0.241. The topological polar surface area (TPSA) is 34.2 Å². The number of thiazole rings is 1. The highest BCUT2D eigenvalue weighted by atomic mass is 32.1. The normalized spacial score (nSPS) is 12.3. The first-order chi connectivity index (χ1) is 9.76. The van der Waals surface area contributed by atoms with E-state index in [4.69, 9.17) is 4.74 Å². The number of nitrogens with one attached hydrogen (secondary N) is 1. The Hall–Kier alpha value is -1.46. The molecule has 0 bridgehead atoms. The Labute approximate surface area is 122 Å². The lowest BCUT2D eigenvalue weighted by Crippen LogP contribution is -2.25. The molecule has 0 aliphatic heterocycles. The quantitative estimate of drug-likeness (QED) is 0.847. The summed E-state index contributed by atoms with van der Waals surface area (Å²) >= 11 is 1.58. The second-order valence-electron chi connectivity index (χ2n) is 4.49. The molecule has 1 N–H and O–H groups in total. The summed E-state index contributed by atoms with van der Waals surface area (Å²) in [5.74, 6) is 0.338. The lowest BCUT2D eigenvalue weighted by Gasteiger charge is -2.21. The van der Waals surface area contributed by atoms with Crippen molar-refractivity contribution in [1.29, 1.82) is 0 Å². The fraction of sp³-hybridized carbons (Fsp3) is 0.400. The average molecular weight is 294 g/mol. The predicted molar refractivity (Wildman–Crippen MR) is 79.8 cm³/mol. The summed E-state index contributed by atoms with van der Waals surface area (Å²) in [5, 5.41) is 6.31. The third-order valence-electron chi connectivity index (χ3n) is 3.08. The van der Waals surface area contributed by atoms with E-state index in [9.17, 15) is 4.39 Å². The molecule has 0 aliphatic rings. The second-order valence-corrected chi connectivity index (χ2v) is 5.47. The van der Waals surface area contributed by atoms with E-state index in [1.165, 1.54) is 6.07 Å². The van der Waals surface area contributed by atoms with Gasteiger partial charge in [-0.25, -0.2) is 9.37 Å². The van der Waals surface area contributed by atoms with Crippen LogP contribution in [0.25, 0.3) is 0 Å². The third kappa shape index (κ3) is 3.55. The van der Waals surface area contributed by atoms with E-state index in [1.807, 2.05) is 5.38 Å². The van der Waals surface area contributed by atoms with Crippen LogP contribution in [0.4, 0.5) is 4.39 Å². The van der Waals surface area contributed by atoms with E-state index >= 15 is 0 Å². The maximum absolute atomic E-state index is 14.2. The molecule has 2 rings (SSSR count). The van der Waals surface area contributed by atoms with Gasteiger partial charge in [0.2, 0.25) is 0 Å². The third-order valence-corrected chi connectivity index (χ3v) is 3.89. The van der Waals surface area contributed by atoms with E-state index < -0.39 is 0 Å². The number of ether oxygens (including phenoxy) is 1. The molecule has 5 heteroatoms. The zero-order chi connectivity index (χ0) is 14.4. The van der Waals surface area contributed by atoms with Crippen molar-refractivity contribution >= 4 is 11.3 Å². The molecule has 1 unspecified atom stereocenters. The van der Waals surface area contributed by atoms with Crippen LogP contribution in [0.5, 0.6) is 5.75 Å². The molecule has 108 valence electrons. The predicted octanol–water partition coefficient (Wildman–Crippen LogP) is 3.57. The molecule has 0 saturated carbocycles. The van der Waals surface area contributed by atoms with Crippen LogP contribution in [0.3, 0.4) is 0 Å². The summed E-state index contributed by atoms with van der Waals surface area (Å²) in [5.41, 5.74) is 0.582. The number of nitrogens with zero attached hydrogens (tertiary/aromatic N) is 1.